The Kier molecular flexibility index (Phi) is 6.36. The number of carbonyl (C=O) groups excluding carboxylic acids is 2. The van der Waals surface area contributed by atoms with E-state index in [0.717, 1.165) is 16.8 Å². The molecule has 0 fully saturated rings. The number of ketones is 1. The summed E-state index contributed by atoms with van der Waals surface area (Å²) in [6.45, 7) is 7.98. The standard InChI is InChI=1S/C31H31NO5/c1-18-10-11-25-21(14-18)29(34)22(17-37-25)27-26(30(35)36-13-12-20-8-6-5-7-9-20)19(2)32-23-15-31(3,4)16-24(33)28(23)27/h5-11,14,17,27,32H,12-13,15-16H2,1-4H3. The number of allylic oxidation sites excluding steroid dienone is 3. The van der Waals surface area contributed by atoms with Crippen molar-refractivity contribution >= 4 is 22.7 Å². The van der Waals surface area contributed by atoms with Crippen LogP contribution < -0.4 is 10.7 Å². The van der Waals surface area contributed by atoms with Crippen LogP contribution in [0.2, 0.25) is 0 Å². The summed E-state index contributed by atoms with van der Waals surface area (Å²) in [5.41, 5.74) is 4.32. The highest BCUT2D eigenvalue weighted by Gasteiger charge is 2.44. The molecule has 2 heterocycles. The Labute approximate surface area is 216 Å². The average molecular weight is 498 g/mol. The van der Waals surface area contributed by atoms with Gasteiger partial charge in [-0.25, -0.2) is 4.79 Å². The first-order valence-electron chi connectivity index (χ1n) is 12.6. The van der Waals surface area contributed by atoms with Crippen molar-refractivity contribution in [2.45, 2.75) is 52.9 Å². The highest BCUT2D eigenvalue weighted by atomic mass is 16.5. The van der Waals surface area contributed by atoms with E-state index in [4.69, 9.17) is 9.15 Å². The molecule has 190 valence electrons. The first-order chi connectivity index (χ1) is 17.6. The zero-order valence-electron chi connectivity index (χ0n) is 21.6. The molecule has 1 aliphatic carbocycles. The zero-order valence-corrected chi connectivity index (χ0v) is 21.6. The SMILES string of the molecule is CC1=C(C(=O)OCCc2ccccc2)C(c2coc3ccc(C)cc3c2=O)C2=C(CC(C)(C)CC2=O)N1. The van der Waals surface area contributed by atoms with Crippen LogP contribution in [0.4, 0.5) is 0 Å². The molecule has 1 aromatic heterocycles. The average Bonchev–Trinajstić information content (AvgIpc) is 2.83. The maximum Gasteiger partial charge on any atom is 0.336 e. The Balaban J connectivity index is 1.58. The second kappa shape index (κ2) is 9.51. The molecule has 0 bridgehead atoms. The fourth-order valence-electron chi connectivity index (χ4n) is 5.46. The van der Waals surface area contributed by atoms with Gasteiger partial charge in [0.25, 0.3) is 0 Å². The van der Waals surface area contributed by atoms with Crippen molar-refractivity contribution in [2.24, 2.45) is 5.41 Å². The van der Waals surface area contributed by atoms with Gasteiger partial charge in [-0.2, -0.15) is 0 Å². The van der Waals surface area contributed by atoms with E-state index in [1.807, 2.05) is 57.2 Å². The quantitative estimate of drug-likeness (QED) is 0.469. The minimum absolute atomic E-state index is 0.0745. The summed E-state index contributed by atoms with van der Waals surface area (Å²) in [6.07, 6.45) is 2.93. The Morgan fingerprint density at radius 1 is 1.08 bits per heavy atom. The smallest absolute Gasteiger partial charge is 0.336 e. The van der Waals surface area contributed by atoms with E-state index in [9.17, 15) is 14.4 Å². The van der Waals surface area contributed by atoms with Gasteiger partial charge < -0.3 is 14.5 Å². The zero-order chi connectivity index (χ0) is 26.3. The van der Waals surface area contributed by atoms with Crippen LogP contribution in [0.1, 0.15) is 56.2 Å². The molecule has 0 saturated heterocycles. The molecule has 1 aliphatic heterocycles. The Hall–Kier alpha value is -3.93. The number of rotatable bonds is 5. The molecule has 2 aromatic carbocycles. The van der Waals surface area contributed by atoms with Crippen molar-refractivity contribution in [1.82, 2.24) is 5.32 Å². The summed E-state index contributed by atoms with van der Waals surface area (Å²) in [7, 11) is 0. The predicted molar refractivity (Wildman–Crippen MR) is 142 cm³/mol. The Morgan fingerprint density at radius 2 is 1.84 bits per heavy atom. The second-order valence-corrected chi connectivity index (χ2v) is 10.8. The minimum Gasteiger partial charge on any atom is -0.464 e. The van der Waals surface area contributed by atoms with Crippen LogP contribution in [0, 0.1) is 12.3 Å². The first kappa shape index (κ1) is 24.8. The van der Waals surface area contributed by atoms with Gasteiger partial charge in [0.05, 0.1) is 29.7 Å². The van der Waals surface area contributed by atoms with Crippen LogP contribution in [0.3, 0.4) is 0 Å². The van der Waals surface area contributed by atoms with E-state index in [1.165, 1.54) is 6.26 Å². The predicted octanol–water partition coefficient (Wildman–Crippen LogP) is 5.49. The molecule has 5 rings (SSSR count). The summed E-state index contributed by atoms with van der Waals surface area (Å²) < 4.78 is 11.6. The number of carbonyl (C=O) groups is 2. The number of fused-ring (bicyclic) bond motifs is 1. The number of hydrogen-bond donors (Lipinski definition) is 1. The molecular weight excluding hydrogens is 466 g/mol. The van der Waals surface area contributed by atoms with E-state index in [1.54, 1.807) is 19.1 Å². The lowest BCUT2D eigenvalue weighted by atomic mass is 9.68. The van der Waals surface area contributed by atoms with E-state index in [2.05, 4.69) is 5.32 Å². The molecule has 0 spiro atoms. The van der Waals surface area contributed by atoms with Gasteiger partial charge in [-0.15, -0.1) is 0 Å². The number of dihydropyridines is 1. The largest absolute Gasteiger partial charge is 0.464 e. The Morgan fingerprint density at radius 3 is 2.59 bits per heavy atom. The third-order valence-corrected chi connectivity index (χ3v) is 7.19. The molecule has 6 heteroatoms. The van der Waals surface area contributed by atoms with Crippen molar-refractivity contribution in [3.63, 3.8) is 0 Å². The lowest BCUT2D eigenvalue weighted by Crippen LogP contribution is -2.39. The van der Waals surface area contributed by atoms with Gasteiger partial charge in [0.1, 0.15) is 5.58 Å². The fourth-order valence-corrected chi connectivity index (χ4v) is 5.46. The van der Waals surface area contributed by atoms with Crippen LogP contribution >= 0.6 is 0 Å². The highest BCUT2D eigenvalue weighted by molar-refractivity contribution is 6.04. The third kappa shape index (κ3) is 4.76. The van der Waals surface area contributed by atoms with Crippen molar-refractivity contribution < 1.29 is 18.7 Å². The van der Waals surface area contributed by atoms with E-state index >= 15 is 0 Å². The summed E-state index contributed by atoms with van der Waals surface area (Å²) in [6, 6.07) is 15.2. The molecule has 0 amide bonds. The van der Waals surface area contributed by atoms with Crippen LogP contribution in [0.25, 0.3) is 11.0 Å². The maximum atomic E-state index is 13.8. The molecule has 3 aromatic rings. The van der Waals surface area contributed by atoms with Crippen LogP contribution in [0.15, 0.2) is 86.5 Å². The molecule has 1 unspecified atom stereocenters. The first-order valence-corrected chi connectivity index (χ1v) is 12.6. The van der Waals surface area contributed by atoms with Gasteiger partial charge in [-0.05, 0) is 43.4 Å². The number of benzene rings is 2. The summed E-state index contributed by atoms with van der Waals surface area (Å²) in [5.74, 6) is -1.47. The van der Waals surface area contributed by atoms with Gasteiger partial charge in [0, 0.05) is 35.4 Å². The maximum absolute atomic E-state index is 13.8. The molecule has 1 N–H and O–H groups in total. The normalized spacial score (nSPS) is 19.0. The molecule has 37 heavy (non-hydrogen) atoms. The molecule has 6 nitrogen and oxygen atoms in total. The fraction of sp³-hybridized carbons (Fsp3) is 0.323. The summed E-state index contributed by atoms with van der Waals surface area (Å²) >= 11 is 0. The van der Waals surface area contributed by atoms with E-state index in [-0.39, 0.29) is 34.4 Å². The monoisotopic (exact) mass is 497 g/mol. The molecule has 2 aliphatic rings. The van der Waals surface area contributed by atoms with Crippen LogP contribution in [-0.2, 0) is 20.7 Å². The lowest BCUT2D eigenvalue weighted by Gasteiger charge is -2.39. The van der Waals surface area contributed by atoms with E-state index < -0.39 is 11.9 Å². The van der Waals surface area contributed by atoms with Gasteiger partial charge in [0.2, 0.25) is 0 Å². The Bertz CT molecular complexity index is 1520. The topological polar surface area (TPSA) is 85.6 Å². The van der Waals surface area contributed by atoms with Gasteiger partial charge in [-0.1, -0.05) is 55.8 Å². The van der Waals surface area contributed by atoms with Crippen molar-refractivity contribution in [3.05, 3.63) is 104 Å². The molecule has 1 atom stereocenters. The van der Waals surface area contributed by atoms with Crippen LogP contribution in [0.5, 0.6) is 0 Å². The number of aryl methyl sites for hydroxylation is 1. The number of hydrogen-bond acceptors (Lipinski definition) is 6. The molecular formula is C31H31NO5. The van der Waals surface area contributed by atoms with Gasteiger partial charge in [0.15, 0.2) is 11.2 Å². The molecule has 0 saturated carbocycles. The minimum atomic E-state index is -0.856. The van der Waals surface area contributed by atoms with Gasteiger partial charge >= 0.3 is 5.97 Å². The number of esters is 1. The number of ether oxygens (including phenoxy) is 1. The van der Waals surface area contributed by atoms with Crippen molar-refractivity contribution in [3.8, 4) is 0 Å². The molecule has 0 radical (unpaired) electrons. The van der Waals surface area contributed by atoms with Gasteiger partial charge in [-0.3, -0.25) is 9.59 Å². The van der Waals surface area contributed by atoms with E-state index in [0.29, 0.717) is 41.5 Å². The summed E-state index contributed by atoms with van der Waals surface area (Å²) in [5, 5.41) is 3.74. The lowest BCUT2D eigenvalue weighted by molar-refractivity contribution is -0.139. The number of nitrogens with one attached hydrogen (secondary N) is 1. The van der Waals surface area contributed by atoms with Crippen LogP contribution in [-0.4, -0.2) is 18.4 Å². The number of Topliss-reactive ketones (excluding diaryl/α,β-unsaturated/α-hetero) is 1. The van der Waals surface area contributed by atoms with Crippen molar-refractivity contribution in [2.75, 3.05) is 6.61 Å². The second-order valence-electron chi connectivity index (χ2n) is 10.8. The third-order valence-electron chi connectivity index (χ3n) is 7.19. The van der Waals surface area contributed by atoms with Crippen molar-refractivity contribution in [1.29, 1.82) is 0 Å². The summed E-state index contributed by atoms with van der Waals surface area (Å²) in [4.78, 5) is 40.8. The highest BCUT2D eigenvalue weighted by Crippen LogP contribution is 2.46.